The fraction of sp³-hybridized carbons (Fsp3) is 0.267. The maximum atomic E-state index is 10.3. The highest BCUT2D eigenvalue weighted by atomic mass is 16.5. The van der Waals surface area contributed by atoms with Crippen molar-refractivity contribution in [3.63, 3.8) is 0 Å². The average molecular weight is 1100 g/mol. The van der Waals surface area contributed by atoms with Crippen LogP contribution in [0, 0.1) is 83.1 Å². The topological polar surface area (TPSA) is 492 Å². The quantitative estimate of drug-likeness (QED) is 0.104. The van der Waals surface area contributed by atoms with E-state index in [9.17, 15) is 24.0 Å². The Balaban J connectivity index is 0.000000431. The van der Waals surface area contributed by atoms with Crippen LogP contribution in [0.1, 0.15) is 68.9 Å². The highest BCUT2D eigenvalue weighted by Crippen LogP contribution is 1.86. The van der Waals surface area contributed by atoms with E-state index in [1.165, 1.54) is 36.6 Å². The maximum Gasteiger partial charge on any atom is 0.438 e. The second-order valence-electron chi connectivity index (χ2n) is 14.9. The van der Waals surface area contributed by atoms with Gasteiger partial charge in [-0.25, -0.2) is 44.5 Å². The number of aryl methyl sites for hydroxylation is 12. The Morgan fingerprint density at radius 1 is 0.544 bits per heavy atom. The van der Waals surface area contributed by atoms with Crippen molar-refractivity contribution in [2.24, 2.45) is 0 Å². The first-order valence-corrected chi connectivity index (χ1v) is 22.6. The molecule has 0 aromatic carbocycles. The third kappa shape index (κ3) is 39.1. The van der Waals surface area contributed by atoms with Gasteiger partial charge >= 0.3 is 17.2 Å². The number of H-pyrrole nitrogens is 11. The highest BCUT2D eigenvalue weighted by Gasteiger charge is 1.89. The number of rotatable bonds is 0. The van der Waals surface area contributed by atoms with E-state index in [1.54, 1.807) is 83.5 Å². The second-order valence-corrected chi connectivity index (χ2v) is 14.9. The number of nitrogens with zero attached hydrogens (tertiary/aromatic N) is 14. The van der Waals surface area contributed by atoms with Gasteiger partial charge < -0.3 is 28.4 Å². The smallest absolute Gasteiger partial charge is 0.393 e. The second kappa shape index (κ2) is 40.3. The molecular formula is C45H63N25O9. The number of imidazole rings is 2. The summed E-state index contributed by atoms with van der Waals surface area (Å²) in [6.07, 6.45) is 19.9. The molecule has 0 saturated heterocycles. The number of aromatic amines is 11. The fourth-order valence-electron chi connectivity index (χ4n) is 3.87. The number of aromatic nitrogens is 25. The van der Waals surface area contributed by atoms with Gasteiger partial charge in [-0.1, -0.05) is 10.3 Å². The molecule has 422 valence electrons. The molecule has 0 saturated carbocycles. The van der Waals surface area contributed by atoms with Crippen molar-refractivity contribution in [3.05, 3.63) is 220 Å². The Labute approximate surface area is 447 Å². The van der Waals surface area contributed by atoms with Gasteiger partial charge in [0.2, 0.25) is 12.3 Å². The van der Waals surface area contributed by atoms with E-state index < -0.39 is 11.5 Å². The van der Waals surface area contributed by atoms with E-state index in [4.69, 9.17) is 0 Å². The first kappa shape index (κ1) is 65.9. The van der Waals surface area contributed by atoms with Crippen LogP contribution >= 0.6 is 0 Å². The molecule has 0 unspecified atom stereocenters. The molecule has 79 heavy (non-hydrogen) atoms. The van der Waals surface area contributed by atoms with Crippen molar-refractivity contribution in [2.45, 2.75) is 83.1 Å². The molecule has 0 aliphatic carbocycles. The van der Waals surface area contributed by atoms with E-state index in [-0.39, 0.29) is 16.8 Å². The van der Waals surface area contributed by atoms with Crippen molar-refractivity contribution < 1.29 is 18.0 Å². The Morgan fingerprint density at radius 2 is 1.32 bits per heavy atom. The third-order valence-corrected chi connectivity index (χ3v) is 7.45. The van der Waals surface area contributed by atoms with Crippen molar-refractivity contribution in [3.8, 4) is 0 Å². The zero-order chi connectivity index (χ0) is 58.6. The van der Waals surface area contributed by atoms with E-state index in [0.29, 0.717) is 23.3 Å². The van der Waals surface area contributed by atoms with Crippen LogP contribution in [0.25, 0.3) is 0 Å². The summed E-state index contributed by atoms with van der Waals surface area (Å²) in [6, 6.07) is 6.42. The molecule has 0 aliphatic rings. The lowest BCUT2D eigenvalue weighted by Gasteiger charge is -1.83. The van der Waals surface area contributed by atoms with E-state index >= 15 is 0 Å². The molecule has 0 atom stereocenters. The predicted molar refractivity (Wildman–Crippen MR) is 282 cm³/mol. The van der Waals surface area contributed by atoms with Crippen LogP contribution in [0.4, 0.5) is 0 Å². The van der Waals surface area contributed by atoms with Crippen LogP contribution < -0.4 is 28.3 Å². The molecular weight excluding hydrogens is 1030 g/mol. The SMILES string of the molecule is Cc1cc(=O)[nH]o1.Cc1ccc(=O)[nH]n1.Cc1ccn[nH]1.Cc1cn[nH]c1.Cc1cn[nH]n1.Cc1cnc(=O)[nH]c1.Cc1cnc[nH]1.Cc1n[nH]c(=O)o1.Cc1ncc[nH]1.Cc1ncn[nH]1.Cc1ncon1.Cc1noc(=O)[nH]1. The zero-order valence-corrected chi connectivity index (χ0v) is 45.2. The molecule has 34 heteroatoms. The molecule has 11 N–H and O–H groups in total. The van der Waals surface area contributed by atoms with Crippen molar-refractivity contribution in [1.29, 1.82) is 0 Å². The van der Waals surface area contributed by atoms with Gasteiger partial charge in [0.25, 0.3) is 11.1 Å². The first-order valence-electron chi connectivity index (χ1n) is 22.6. The lowest BCUT2D eigenvalue weighted by molar-refractivity contribution is 0.383. The van der Waals surface area contributed by atoms with Crippen molar-refractivity contribution in [1.82, 2.24) is 127 Å². The van der Waals surface area contributed by atoms with Gasteiger partial charge in [0.05, 0.1) is 30.1 Å². The molecule has 12 aromatic rings. The minimum Gasteiger partial charge on any atom is -0.393 e. The third-order valence-electron chi connectivity index (χ3n) is 7.45. The van der Waals surface area contributed by atoms with E-state index in [1.807, 2.05) is 67.7 Å². The van der Waals surface area contributed by atoms with Crippen LogP contribution in [-0.2, 0) is 0 Å². The molecule has 0 amide bonds. The molecule has 12 rings (SSSR count). The van der Waals surface area contributed by atoms with Gasteiger partial charge in [-0.05, 0) is 99.4 Å². The molecule has 0 spiro atoms. The summed E-state index contributed by atoms with van der Waals surface area (Å²) in [6.45, 7) is 22.0. The lowest BCUT2D eigenvalue weighted by atomic mass is 10.4. The lowest BCUT2D eigenvalue weighted by Crippen LogP contribution is -2.07. The van der Waals surface area contributed by atoms with Crippen molar-refractivity contribution >= 4 is 0 Å². The molecule has 0 bridgehead atoms. The molecule has 0 radical (unpaired) electrons. The minimum atomic E-state index is -0.502. The monoisotopic (exact) mass is 1100 g/mol. The molecule has 0 aliphatic heterocycles. The van der Waals surface area contributed by atoms with Gasteiger partial charge in [-0.15, -0.1) is 5.10 Å². The summed E-state index contributed by atoms with van der Waals surface area (Å²) in [7, 11) is 0. The summed E-state index contributed by atoms with van der Waals surface area (Å²) in [5.74, 6) is 2.98. The maximum absolute atomic E-state index is 10.3. The summed E-state index contributed by atoms with van der Waals surface area (Å²) in [4.78, 5) is 79.7. The van der Waals surface area contributed by atoms with E-state index in [0.717, 1.165) is 40.0 Å². The van der Waals surface area contributed by atoms with Gasteiger partial charge in [-0.2, -0.15) is 45.9 Å². The van der Waals surface area contributed by atoms with Crippen LogP contribution in [0.5, 0.6) is 0 Å². The molecule has 12 heterocycles. The molecule has 12 aromatic heterocycles. The summed E-state index contributed by atoms with van der Waals surface area (Å²) in [5.41, 5.74) is 5.47. The highest BCUT2D eigenvalue weighted by molar-refractivity contribution is 4.98. The molecule has 34 nitrogen and oxygen atoms in total. The van der Waals surface area contributed by atoms with Gasteiger partial charge in [-0.3, -0.25) is 34.4 Å². The minimum absolute atomic E-state index is 0.157. The first-order chi connectivity index (χ1) is 37.7. The predicted octanol–water partition coefficient (Wildman–Crippen LogP) is 3.25. The van der Waals surface area contributed by atoms with Crippen LogP contribution in [-0.4, -0.2) is 127 Å². The van der Waals surface area contributed by atoms with Crippen molar-refractivity contribution in [2.75, 3.05) is 0 Å². The normalized spacial score (nSPS) is 9.01. The summed E-state index contributed by atoms with van der Waals surface area (Å²) >= 11 is 0. The Hall–Kier alpha value is -11.1. The van der Waals surface area contributed by atoms with Crippen LogP contribution in [0.3, 0.4) is 0 Å². The Kier molecular flexibility index (Phi) is 33.6. The fourth-order valence-corrected chi connectivity index (χ4v) is 3.87. The van der Waals surface area contributed by atoms with Gasteiger partial charge in [0, 0.05) is 73.8 Å². The molecule has 0 fully saturated rings. The summed E-state index contributed by atoms with van der Waals surface area (Å²) < 4.78 is 17.3. The Bertz CT molecular complexity index is 2970. The van der Waals surface area contributed by atoms with Gasteiger partial charge in [0.1, 0.15) is 29.6 Å². The Morgan fingerprint density at radius 3 is 1.52 bits per heavy atom. The largest absolute Gasteiger partial charge is 0.438 e. The van der Waals surface area contributed by atoms with Gasteiger partial charge in [0.15, 0.2) is 5.82 Å². The number of nitrogens with one attached hydrogen (secondary N) is 11. The average Bonchev–Trinajstić information content (AvgIpc) is 4.24. The number of hydrogen-bond donors (Lipinski definition) is 11. The number of hydrogen-bond acceptors (Lipinski definition) is 23. The zero-order valence-electron chi connectivity index (χ0n) is 45.2. The van der Waals surface area contributed by atoms with E-state index in [2.05, 4.69) is 145 Å². The van der Waals surface area contributed by atoms with Crippen LogP contribution in [0.15, 0.2) is 141 Å². The standard InChI is InChI=1S/2C5H6N2O.4C4H6N2.C4H5NO2.2C3H5N3.2C3H4N2O2.C3H4N2O/c1-4-2-6-5(8)7-3-4;1-4-2-3-5(8)7-6-4;1-4-2-5-3-6-4;1-4-2-5-6-3-4;1-4-5-2-3-6-4;1-4-2-3-5-6-4;1-3-2-4(6)5-7-3;1-3-4-2-5-6-3;1-3-2-4-6-5-3;1-2-4-5-3(6)7-2;1-2-4-3(6)7-5-2;1-3-4-2-6-5-3/h2-3H,1H3,(H,6,7,8);2-3H,1H3,(H,7,8);4*2-3H,1H3,(H,5,6);2H,1H3,(H,5,6);2*2H,1H3,(H,4,5,6);1H3,(H,5,6);1H3,(H,4,5,6);2H,1H3. The summed E-state index contributed by atoms with van der Waals surface area (Å²) in [5, 5.41) is 49.0. The van der Waals surface area contributed by atoms with Crippen LogP contribution in [0.2, 0.25) is 0 Å².